The van der Waals surface area contributed by atoms with Crippen LogP contribution in [0, 0.1) is 0 Å². The maximum Gasteiger partial charge on any atom is 0.211 e. The Morgan fingerprint density at radius 2 is 1.41 bits per heavy atom. The number of aromatic nitrogens is 1. The van der Waals surface area contributed by atoms with E-state index < -0.39 is 30.4 Å². The van der Waals surface area contributed by atoms with E-state index in [2.05, 4.69) is 0 Å². The Morgan fingerprint density at radius 3 is 1.92 bits per heavy atom. The van der Waals surface area contributed by atoms with Crippen molar-refractivity contribution >= 4 is 31.0 Å². The number of rotatable bonds is 10. The van der Waals surface area contributed by atoms with Gasteiger partial charge in [0.25, 0.3) is 0 Å². The first-order valence-corrected chi connectivity index (χ1v) is 15.4. The SMILES string of the molecule is CCCS(=O)(=O)c1c(S(=O)(=O)CCC)c2cc(C(C)(C)C)ccn2c1C(=O)c1ccc(OC)c(OC)c1. The van der Waals surface area contributed by atoms with Crippen LogP contribution < -0.4 is 9.47 Å². The highest BCUT2D eigenvalue weighted by molar-refractivity contribution is 7.94. The van der Waals surface area contributed by atoms with Crippen molar-refractivity contribution in [1.29, 1.82) is 0 Å². The topological polar surface area (TPSA) is 108 Å². The summed E-state index contributed by atoms with van der Waals surface area (Å²) in [6.07, 6.45) is 2.14. The average molecular weight is 550 g/mol. The first-order chi connectivity index (χ1) is 17.2. The summed E-state index contributed by atoms with van der Waals surface area (Å²) in [5.74, 6) is -0.478. The summed E-state index contributed by atoms with van der Waals surface area (Å²) in [5.41, 5.74) is 0.595. The minimum Gasteiger partial charge on any atom is -0.493 e. The number of carbonyl (C=O) groups is 1. The lowest BCUT2D eigenvalue weighted by molar-refractivity contribution is 0.103. The highest BCUT2D eigenvalue weighted by Crippen LogP contribution is 2.38. The second kappa shape index (κ2) is 10.5. The smallest absolute Gasteiger partial charge is 0.211 e. The van der Waals surface area contributed by atoms with Crippen molar-refractivity contribution in [2.45, 2.75) is 62.7 Å². The second-order valence-corrected chi connectivity index (χ2v) is 14.1. The number of hydrogen-bond acceptors (Lipinski definition) is 7. The van der Waals surface area contributed by atoms with E-state index in [1.165, 1.54) is 30.8 Å². The largest absolute Gasteiger partial charge is 0.493 e. The number of hydrogen-bond donors (Lipinski definition) is 0. The third-order valence-electron chi connectivity index (χ3n) is 6.14. The van der Waals surface area contributed by atoms with Gasteiger partial charge in [-0.2, -0.15) is 0 Å². The first kappa shape index (κ1) is 28.7. The molecule has 0 amide bonds. The number of ketones is 1. The van der Waals surface area contributed by atoms with Crippen molar-refractivity contribution < 1.29 is 31.1 Å². The van der Waals surface area contributed by atoms with Crippen molar-refractivity contribution in [3.63, 3.8) is 0 Å². The zero-order chi connectivity index (χ0) is 27.8. The van der Waals surface area contributed by atoms with Gasteiger partial charge in [-0.3, -0.25) is 4.79 Å². The maximum absolute atomic E-state index is 14.0. The molecule has 1 aromatic carbocycles. The summed E-state index contributed by atoms with van der Waals surface area (Å²) in [4.78, 5) is 13.3. The quantitative estimate of drug-likeness (QED) is 0.333. The lowest BCUT2D eigenvalue weighted by Gasteiger charge is -2.19. The predicted molar refractivity (Wildman–Crippen MR) is 144 cm³/mol. The molecule has 0 aliphatic carbocycles. The van der Waals surface area contributed by atoms with E-state index >= 15 is 0 Å². The lowest BCUT2D eigenvalue weighted by atomic mass is 9.87. The first-order valence-electron chi connectivity index (χ1n) is 12.1. The molecule has 3 rings (SSSR count). The molecule has 2 aromatic heterocycles. The van der Waals surface area contributed by atoms with E-state index in [1.807, 2.05) is 20.8 Å². The molecule has 0 aliphatic heterocycles. The Morgan fingerprint density at radius 1 is 0.838 bits per heavy atom. The second-order valence-electron chi connectivity index (χ2n) is 9.96. The van der Waals surface area contributed by atoms with Crippen molar-refractivity contribution in [2.75, 3.05) is 25.7 Å². The number of carbonyl (C=O) groups excluding carboxylic acids is 1. The van der Waals surface area contributed by atoms with Gasteiger partial charge in [0, 0.05) is 11.8 Å². The van der Waals surface area contributed by atoms with E-state index in [9.17, 15) is 21.6 Å². The molecule has 10 heteroatoms. The Balaban J connectivity index is 2.54. The molecule has 0 radical (unpaired) electrons. The maximum atomic E-state index is 14.0. The molecule has 2 heterocycles. The van der Waals surface area contributed by atoms with Crippen LogP contribution in [-0.2, 0) is 25.1 Å². The van der Waals surface area contributed by atoms with Crippen LogP contribution >= 0.6 is 0 Å². The summed E-state index contributed by atoms with van der Waals surface area (Å²) in [7, 11) is -5.29. The third kappa shape index (κ3) is 5.40. The molecule has 3 aromatic rings. The number of nitrogens with zero attached hydrogens (tertiary/aromatic N) is 1. The van der Waals surface area contributed by atoms with Crippen LogP contribution in [0.2, 0.25) is 0 Å². The fourth-order valence-corrected chi connectivity index (χ4v) is 8.30. The van der Waals surface area contributed by atoms with Crippen LogP contribution in [0.4, 0.5) is 0 Å². The summed E-state index contributed by atoms with van der Waals surface area (Å²) >= 11 is 0. The van der Waals surface area contributed by atoms with Gasteiger partial charge in [-0.25, -0.2) is 16.8 Å². The zero-order valence-corrected chi connectivity index (χ0v) is 24.0. The highest BCUT2D eigenvalue weighted by atomic mass is 32.2. The molecule has 202 valence electrons. The van der Waals surface area contributed by atoms with E-state index in [1.54, 1.807) is 38.2 Å². The molecule has 0 fully saturated rings. The van der Waals surface area contributed by atoms with Gasteiger partial charge in [0.15, 0.2) is 31.2 Å². The summed E-state index contributed by atoms with van der Waals surface area (Å²) in [5, 5.41) is 0. The van der Waals surface area contributed by atoms with E-state index in [-0.39, 0.29) is 45.0 Å². The van der Waals surface area contributed by atoms with E-state index in [0.717, 1.165) is 5.56 Å². The molecule has 8 nitrogen and oxygen atoms in total. The predicted octanol–water partition coefficient (Wildman–Crippen LogP) is 4.85. The number of fused-ring (bicyclic) bond motifs is 1. The monoisotopic (exact) mass is 549 g/mol. The Bertz CT molecular complexity index is 1540. The minimum atomic E-state index is -4.14. The van der Waals surface area contributed by atoms with Gasteiger partial charge in [-0.05, 0) is 54.2 Å². The van der Waals surface area contributed by atoms with Gasteiger partial charge in [0.2, 0.25) is 5.78 Å². The summed E-state index contributed by atoms with van der Waals surface area (Å²) < 4.78 is 66.5. The van der Waals surface area contributed by atoms with Gasteiger partial charge in [-0.15, -0.1) is 0 Å². The lowest BCUT2D eigenvalue weighted by Crippen LogP contribution is -2.17. The van der Waals surface area contributed by atoms with Crippen LogP contribution in [0.15, 0.2) is 46.3 Å². The molecule has 0 saturated heterocycles. The fraction of sp³-hybridized carbons (Fsp3) is 0.444. The molecule has 0 bridgehead atoms. The van der Waals surface area contributed by atoms with Crippen LogP contribution in [0.25, 0.3) is 5.52 Å². The molecule has 37 heavy (non-hydrogen) atoms. The molecule has 0 saturated carbocycles. The van der Waals surface area contributed by atoms with Crippen molar-refractivity contribution in [2.24, 2.45) is 0 Å². The van der Waals surface area contributed by atoms with Gasteiger partial charge in [-0.1, -0.05) is 34.6 Å². The minimum absolute atomic E-state index is 0.143. The van der Waals surface area contributed by atoms with Gasteiger partial charge in [0.1, 0.15) is 15.5 Å². The van der Waals surface area contributed by atoms with Crippen molar-refractivity contribution in [3.8, 4) is 11.5 Å². The van der Waals surface area contributed by atoms with Gasteiger partial charge < -0.3 is 13.9 Å². The normalized spacial score (nSPS) is 12.6. The molecule has 0 N–H and O–H groups in total. The molecule has 0 spiro atoms. The van der Waals surface area contributed by atoms with Gasteiger partial charge >= 0.3 is 0 Å². The van der Waals surface area contributed by atoms with Crippen molar-refractivity contribution in [3.05, 3.63) is 53.3 Å². The zero-order valence-electron chi connectivity index (χ0n) is 22.4. The summed E-state index contributed by atoms with van der Waals surface area (Å²) in [6.45, 7) is 9.35. The van der Waals surface area contributed by atoms with Crippen LogP contribution in [0.5, 0.6) is 11.5 Å². The van der Waals surface area contributed by atoms with Crippen molar-refractivity contribution in [1.82, 2.24) is 4.40 Å². The Hall–Kier alpha value is -2.85. The average Bonchev–Trinajstić information content (AvgIpc) is 3.19. The van der Waals surface area contributed by atoms with Gasteiger partial charge in [0.05, 0.1) is 31.2 Å². The fourth-order valence-electron chi connectivity index (χ4n) is 4.33. The number of pyridine rings is 1. The van der Waals surface area contributed by atoms with E-state index in [0.29, 0.717) is 17.9 Å². The standard InChI is InChI=1S/C27H35NO7S2/c1-8-14-36(30,31)25-20-17-19(27(3,4)5)12-13-28(20)23(26(25)37(32,33)15-9-2)24(29)18-10-11-21(34-6)22(16-18)35-7/h10-13,16-17H,8-9,14-15H2,1-7H3. The Labute approximate surface area is 219 Å². The molecule has 0 unspecified atom stereocenters. The van der Waals surface area contributed by atoms with Crippen LogP contribution in [0.1, 0.15) is 69.1 Å². The summed E-state index contributed by atoms with van der Waals surface area (Å²) in [6, 6.07) is 7.97. The number of methoxy groups -OCH3 is 2. The number of ether oxygens (including phenoxy) is 2. The molecule has 0 aliphatic rings. The Kier molecular flexibility index (Phi) is 8.14. The number of sulfone groups is 2. The highest BCUT2D eigenvalue weighted by Gasteiger charge is 2.37. The molecule has 0 atom stereocenters. The van der Waals surface area contributed by atoms with E-state index in [4.69, 9.17) is 9.47 Å². The number of benzene rings is 1. The molecular formula is C27H35NO7S2. The van der Waals surface area contributed by atoms with Crippen LogP contribution in [0.3, 0.4) is 0 Å². The van der Waals surface area contributed by atoms with Crippen LogP contribution in [-0.4, -0.2) is 52.7 Å². The third-order valence-corrected chi connectivity index (χ3v) is 10.2. The molecular weight excluding hydrogens is 514 g/mol.